The smallest absolute Gasteiger partial charge is 0.322 e. The zero-order chi connectivity index (χ0) is 24.4. The van der Waals surface area contributed by atoms with Crippen molar-refractivity contribution in [2.45, 2.75) is 32.4 Å². The molecule has 0 saturated carbocycles. The predicted molar refractivity (Wildman–Crippen MR) is 133 cm³/mol. The highest BCUT2D eigenvalue weighted by Crippen LogP contribution is 2.35. The molecule has 0 N–H and O–H groups in total. The monoisotopic (exact) mass is 473 g/mol. The summed E-state index contributed by atoms with van der Waals surface area (Å²) in [4.78, 5) is 25.0. The van der Waals surface area contributed by atoms with Crippen LogP contribution in [0, 0.1) is 5.82 Å². The molecule has 0 radical (unpaired) electrons. The number of hydrogen-bond acceptors (Lipinski definition) is 5. The van der Waals surface area contributed by atoms with E-state index in [0.29, 0.717) is 34.8 Å². The van der Waals surface area contributed by atoms with Crippen LogP contribution in [0.2, 0.25) is 0 Å². The van der Waals surface area contributed by atoms with E-state index in [1.54, 1.807) is 29.1 Å². The van der Waals surface area contributed by atoms with Gasteiger partial charge in [-0.2, -0.15) is 4.98 Å². The van der Waals surface area contributed by atoms with Gasteiger partial charge in [0.25, 0.3) is 5.56 Å². The quantitative estimate of drug-likeness (QED) is 0.395. The van der Waals surface area contributed by atoms with Crippen LogP contribution in [0.25, 0.3) is 22.5 Å². The molecule has 2 aromatic heterocycles. The lowest BCUT2D eigenvalue weighted by molar-refractivity contribution is 0.199. The zero-order valence-electron chi connectivity index (χ0n) is 19.9. The molecule has 0 atom stereocenters. The van der Waals surface area contributed by atoms with Crippen molar-refractivity contribution in [1.29, 1.82) is 0 Å². The summed E-state index contributed by atoms with van der Waals surface area (Å²) in [6, 6.07) is 17.5. The zero-order valence-corrected chi connectivity index (χ0v) is 19.9. The first kappa shape index (κ1) is 23.0. The van der Waals surface area contributed by atoms with Gasteiger partial charge in [0, 0.05) is 12.7 Å². The van der Waals surface area contributed by atoms with Crippen molar-refractivity contribution in [3.05, 3.63) is 83.0 Å². The Hall–Kier alpha value is -3.78. The fourth-order valence-electron chi connectivity index (χ4n) is 4.72. The first-order valence-electron chi connectivity index (χ1n) is 11.9. The Morgan fingerprint density at radius 2 is 1.74 bits per heavy atom. The van der Waals surface area contributed by atoms with Crippen LogP contribution >= 0.6 is 0 Å². The fourth-order valence-corrected chi connectivity index (χ4v) is 4.72. The van der Waals surface area contributed by atoms with Crippen molar-refractivity contribution in [1.82, 2.24) is 24.2 Å². The second-order valence-electron chi connectivity index (χ2n) is 8.77. The van der Waals surface area contributed by atoms with Crippen LogP contribution in [0.1, 0.15) is 25.8 Å². The highest BCUT2D eigenvalue weighted by atomic mass is 19.1. The van der Waals surface area contributed by atoms with Crippen molar-refractivity contribution < 1.29 is 9.13 Å². The Morgan fingerprint density at radius 3 is 2.43 bits per heavy atom. The van der Waals surface area contributed by atoms with Crippen LogP contribution in [0.15, 0.2) is 71.7 Å². The maximum Gasteiger partial charge on any atom is 0.322 e. The number of rotatable bonds is 6. The Balaban J connectivity index is 1.69. The molecule has 3 heterocycles. The van der Waals surface area contributed by atoms with E-state index in [2.05, 4.69) is 21.6 Å². The van der Waals surface area contributed by atoms with Gasteiger partial charge >= 0.3 is 6.01 Å². The summed E-state index contributed by atoms with van der Waals surface area (Å²) in [6.45, 7) is 4.36. The first-order valence-corrected chi connectivity index (χ1v) is 11.9. The molecule has 5 rings (SSSR count). The molecule has 1 aliphatic rings. The number of halogens is 1. The maximum atomic E-state index is 13.7. The minimum Gasteiger partial charge on any atom is -0.424 e. The van der Waals surface area contributed by atoms with Gasteiger partial charge in [0.1, 0.15) is 11.6 Å². The van der Waals surface area contributed by atoms with Crippen LogP contribution in [0.5, 0.6) is 11.8 Å². The maximum absolute atomic E-state index is 13.7. The molecular weight excluding hydrogens is 445 g/mol. The Kier molecular flexibility index (Phi) is 6.46. The summed E-state index contributed by atoms with van der Waals surface area (Å²) in [5.74, 6) is 0.281. The van der Waals surface area contributed by atoms with Crippen LogP contribution < -0.4 is 10.3 Å². The van der Waals surface area contributed by atoms with Gasteiger partial charge in [0.05, 0.1) is 23.0 Å². The van der Waals surface area contributed by atoms with Gasteiger partial charge in [-0.25, -0.2) is 14.1 Å². The third-order valence-corrected chi connectivity index (χ3v) is 6.47. The topological polar surface area (TPSA) is 65.2 Å². The number of ether oxygens (including phenoxy) is 1. The van der Waals surface area contributed by atoms with Crippen molar-refractivity contribution in [2.75, 3.05) is 20.1 Å². The lowest BCUT2D eigenvalue weighted by Gasteiger charge is -2.32. The summed E-state index contributed by atoms with van der Waals surface area (Å²) in [7, 11) is 2.11. The molecule has 1 saturated heterocycles. The molecular formula is C27H28FN5O2. The molecule has 7 nitrogen and oxygen atoms in total. The largest absolute Gasteiger partial charge is 0.424 e. The number of likely N-dealkylation sites (tertiary alicyclic amines) is 1. The van der Waals surface area contributed by atoms with Gasteiger partial charge in [-0.1, -0.05) is 30.3 Å². The molecule has 0 amide bonds. The lowest BCUT2D eigenvalue weighted by Crippen LogP contribution is -2.35. The van der Waals surface area contributed by atoms with E-state index >= 15 is 0 Å². The average Bonchev–Trinajstić information content (AvgIpc) is 3.18. The summed E-state index contributed by atoms with van der Waals surface area (Å²) in [6.07, 6.45) is 3.47. The van der Waals surface area contributed by atoms with E-state index < -0.39 is 0 Å². The van der Waals surface area contributed by atoms with Crippen LogP contribution in [0.4, 0.5) is 4.39 Å². The van der Waals surface area contributed by atoms with Crippen LogP contribution in [-0.2, 0) is 6.54 Å². The van der Waals surface area contributed by atoms with Gasteiger partial charge in [-0.15, -0.1) is 0 Å². The van der Waals surface area contributed by atoms with E-state index in [0.717, 1.165) is 25.9 Å². The van der Waals surface area contributed by atoms with Gasteiger partial charge in [0.2, 0.25) is 0 Å². The molecule has 2 aromatic carbocycles. The first-order chi connectivity index (χ1) is 17.0. The van der Waals surface area contributed by atoms with E-state index in [1.165, 1.54) is 12.1 Å². The Morgan fingerprint density at radius 1 is 1.03 bits per heavy atom. The number of benzene rings is 2. The Bertz CT molecular complexity index is 1360. The molecule has 0 unspecified atom stereocenters. The number of nitrogens with zero attached hydrogens (tertiary/aromatic N) is 5. The fraction of sp³-hybridized carbons (Fsp3) is 0.296. The van der Waals surface area contributed by atoms with Crippen molar-refractivity contribution in [3.8, 4) is 34.3 Å². The second-order valence-corrected chi connectivity index (χ2v) is 8.77. The molecule has 0 spiro atoms. The van der Waals surface area contributed by atoms with Gasteiger partial charge in [-0.05, 0) is 75.8 Å². The minimum atomic E-state index is -0.346. The SMILES string of the molecule is CCn1c(=O)c(-c2ccc(F)cc2)c(-c2ccnc(Oc3ccccc3)n2)n1C1CCN(C)CC1. The third kappa shape index (κ3) is 4.61. The summed E-state index contributed by atoms with van der Waals surface area (Å²) < 4.78 is 23.5. The van der Waals surface area contributed by atoms with Crippen molar-refractivity contribution in [3.63, 3.8) is 0 Å². The van der Waals surface area contributed by atoms with Crippen molar-refractivity contribution in [2.24, 2.45) is 0 Å². The molecule has 4 aromatic rings. The normalized spacial score (nSPS) is 14.8. The predicted octanol–water partition coefficient (Wildman–Crippen LogP) is 4.99. The summed E-state index contributed by atoms with van der Waals surface area (Å²) in [5, 5.41) is 0. The van der Waals surface area contributed by atoms with Gasteiger partial charge in [-0.3, -0.25) is 9.48 Å². The standard InChI is InChI=1S/C27H28FN5O2/c1-3-32-26(34)24(19-9-11-20(28)12-10-19)25(33(32)21-14-17-31(2)18-15-21)23-13-16-29-27(30-23)35-22-7-5-4-6-8-22/h4-13,16,21H,3,14-15,17-18H2,1-2H3. The number of aromatic nitrogens is 4. The van der Waals surface area contributed by atoms with E-state index in [-0.39, 0.29) is 23.4 Å². The number of para-hydroxylation sites is 1. The molecule has 35 heavy (non-hydrogen) atoms. The number of hydrogen-bond donors (Lipinski definition) is 0. The summed E-state index contributed by atoms with van der Waals surface area (Å²) in [5.41, 5.74) is 2.35. The van der Waals surface area contributed by atoms with Crippen LogP contribution in [0.3, 0.4) is 0 Å². The van der Waals surface area contributed by atoms with E-state index in [9.17, 15) is 9.18 Å². The molecule has 180 valence electrons. The number of piperidine rings is 1. The van der Waals surface area contributed by atoms with Gasteiger partial charge < -0.3 is 9.64 Å². The minimum absolute atomic E-state index is 0.114. The van der Waals surface area contributed by atoms with Crippen LogP contribution in [-0.4, -0.2) is 44.4 Å². The highest BCUT2D eigenvalue weighted by molar-refractivity contribution is 5.79. The Labute approximate surface area is 203 Å². The van der Waals surface area contributed by atoms with Crippen molar-refractivity contribution >= 4 is 0 Å². The highest BCUT2D eigenvalue weighted by Gasteiger charge is 2.29. The van der Waals surface area contributed by atoms with E-state index in [1.807, 2.05) is 37.3 Å². The molecule has 8 heteroatoms. The lowest BCUT2D eigenvalue weighted by atomic mass is 10.0. The van der Waals surface area contributed by atoms with E-state index in [4.69, 9.17) is 9.72 Å². The molecule has 0 aliphatic carbocycles. The van der Waals surface area contributed by atoms with Gasteiger partial charge in [0.15, 0.2) is 0 Å². The second kappa shape index (κ2) is 9.84. The molecule has 1 aliphatic heterocycles. The third-order valence-electron chi connectivity index (χ3n) is 6.47. The average molecular weight is 474 g/mol. The summed E-state index contributed by atoms with van der Waals surface area (Å²) >= 11 is 0. The molecule has 1 fully saturated rings. The molecule has 0 bridgehead atoms.